The minimum Gasteiger partial charge on any atom is -0.342 e. The van der Waals surface area contributed by atoms with E-state index >= 15 is 0 Å². The number of sulfonamides is 1. The van der Waals surface area contributed by atoms with Crippen LogP contribution in [0.25, 0.3) is 11.0 Å². The van der Waals surface area contributed by atoms with Crippen LogP contribution < -0.4 is 0 Å². The number of aromatic nitrogens is 2. The maximum Gasteiger partial charge on any atom is 0.225 e. The third-order valence-corrected chi connectivity index (χ3v) is 7.29. The topological polar surface area (TPSA) is 83.5 Å². The van der Waals surface area contributed by atoms with Gasteiger partial charge in [-0.15, -0.1) is 0 Å². The van der Waals surface area contributed by atoms with Crippen LogP contribution in [0.2, 0.25) is 0 Å². The van der Waals surface area contributed by atoms with Gasteiger partial charge in [0.2, 0.25) is 15.9 Å². The van der Waals surface area contributed by atoms with E-state index in [1.165, 1.54) is 10.6 Å². The molecule has 0 bridgehead atoms. The first-order valence-electron chi connectivity index (χ1n) is 9.87. The Morgan fingerprint density at radius 3 is 2.43 bits per heavy atom. The molecule has 0 N–H and O–H groups in total. The average Bonchev–Trinajstić information content (AvgIpc) is 2.72. The van der Waals surface area contributed by atoms with Crippen molar-refractivity contribution in [1.29, 1.82) is 0 Å². The molecule has 0 unspecified atom stereocenters. The van der Waals surface area contributed by atoms with E-state index in [0.29, 0.717) is 31.8 Å². The Balaban J connectivity index is 1.34. The largest absolute Gasteiger partial charge is 0.342 e. The predicted octanol–water partition coefficient (Wildman–Crippen LogP) is 2.01. The number of fused-ring (bicyclic) bond motifs is 1. The van der Waals surface area contributed by atoms with Gasteiger partial charge in [0.15, 0.2) is 5.65 Å². The molecule has 0 aromatic carbocycles. The van der Waals surface area contributed by atoms with E-state index in [1.807, 2.05) is 17.0 Å². The number of pyridine rings is 2. The maximum atomic E-state index is 12.9. The molecule has 0 aliphatic carbocycles. The summed E-state index contributed by atoms with van der Waals surface area (Å²) in [4.78, 5) is 23.9. The lowest BCUT2D eigenvalue weighted by atomic mass is 9.90. The van der Waals surface area contributed by atoms with E-state index in [4.69, 9.17) is 4.98 Å². The smallest absolute Gasteiger partial charge is 0.225 e. The van der Waals surface area contributed by atoms with Crippen molar-refractivity contribution in [2.24, 2.45) is 5.92 Å². The zero-order chi connectivity index (χ0) is 19.7. The third kappa shape index (κ3) is 4.03. The Labute approximate surface area is 165 Å². The van der Waals surface area contributed by atoms with Gasteiger partial charge in [0.05, 0.1) is 6.26 Å². The second-order valence-corrected chi connectivity index (χ2v) is 9.80. The molecule has 2 saturated heterocycles. The van der Waals surface area contributed by atoms with Crippen molar-refractivity contribution in [3.63, 3.8) is 0 Å². The molecule has 0 spiro atoms. The Bertz CT molecular complexity index is 962. The van der Waals surface area contributed by atoms with E-state index in [0.717, 1.165) is 42.7 Å². The first-order chi connectivity index (χ1) is 13.4. The van der Waals surface area contributed by atoms with Gasteiger partial charge in [-0.3, -0.25) is 4.79 Å². The van der Waals surface area contributed by atoms with Crippen LogP contribution in [0.15, 0.2) is 30.5 Å². The lowest BCUT2D eigenvalue weighted by Crippen LogP contribution is -2.46. The molecule has 1 amide bonds. The predicted molar refractivity (Wildman–Crippen MR) is 107 cm³/mol. The average molecular weight is 403 g/mol. The molecule has 2 aromatic rings. The third-order valence-electron chi connectivity index (χ3n) is 5.98. The van der Waals surface area contributed by atoms with Crippen molar-refractivity contribution < 1.29 is 13.2 Å². The molecule has 0 saturated carbocycles. The lowest BCUT2D eigenvalue weighted by molar-refractivity contribution is -0.137. The standard InChI is InChI=1S/C20H26N4O3S/c1-28(26,27)24-13-8-17(9-14-24)20(25)23-11-6-15(7-12-23)18-5-4-16-3-2-10-21-19(16)22-18/h2-5,10,15,17H,6-9,11-14H2,1H3. The van der Waals surface area contributed by atoms with Crippen molar-refractivity contribution in [1.82, 2.24) is 19.2 Å². The highest BCUT2D eigenvalue weighted by molar-refractivity contribution is 7.88. The minimum atomic E-state index is -3.16. The van der Waals surface area contributed by atoms with Crippen LogP contribution in [0.4, 0.5) is 0 Å². The Morgan fingerprint density at radius 2 is 1.75 bits per heavy atom. The first kappa shape index (κ1) is 19.3. The van der Waals surface area contributed by atoms with Crippen molar-refractivity contribution in [2.45, 2.75) is 31.6 Å². The summed E-state index contributed by atoms with van der Waals surface area (Å²) in [6.45, 7) is 2.36. The molecule has 2 aliphatic heterocycles. The summed E-state index contributed by atoms with van der Waals surface area (Å²) in [5, 5.41) is 1.04. The SMILES string of the molecule is CS(=O)(=O)N1CCC(C(=O)N2CCC(c3ccc4cccnc4n3)CC2)CC1. The van der Waals surface area contributed by atoms with E-state index in [-0.39, 0.29) is 11.8 Å². The summed E-state index contributed by atoms with van der Waals surface area (Å²) in [6.07, 6.45) is 6.03. The Hall–Kier alpha value is -2.06. The van der Waals surface area contributed by atoms with Gasteiger partial charge in [-0.05, 0) is 49.9 Å². The quantitative estimate of drug-likeness (QED) is 0.784. The van der Waals surface area contributed by atoms with Crippen LogP contribution in [-0.4, -0.2) is 65.9 Å². The summed E-state index contributed by atoms with van der Waals surface area (Å²) in [5.41, 5.74) is 1.83. The van der Waals surface area contributed by atoms with Gasteiger partial charge in [-0.1, -0.05) is 0 Å². The number of likely N-dealkylation sites (tertiary alicyclic amines) is 1. The summed E-state index contributed by atoms with van der Waals surface area (Å²) >= 11 is 0. The highest BCUT2D eigenvalue weighted by atomic mass is 32.2. The molecule has 4 rings (SSSR count). The summed E-state index contributed by atoms with van der Waals surface area (Å²) in [6, 6.07) is 8.06. The minimum absolute atomic E-state index is 0.0578. The van der Waals surface area contributed by atoms with E-state index < -0.39 is 10.0 Å². The number of amides is 1. The van der Waals surface area contributed by atoms with Gasteiger partial charge >= 0.3 is 0 Å². The fourth-order valence-corrected chi connectivity index (χ4v) is 5.16. The van der Waals surface area contributed by atoms with Gasteiger partial charge < -0.3 is 4.90 Å². The van der Waals surface area contributed by atoms with E-state index in [1.54, 1.807) is 6.20 Å². The molecule has 2 aliphatic rings. The fourth-order valence-electron chi connectivity index (χ4n) is 4.28. The van der Waals surface area contributed by atoms with E-state index in [2.05, 4.69) is 17.1 Å². The number of piperidine rings is 2. The van der Waals surface area contributed by atoms with Crippen molar-refractivity contribution in [2.75, 3.05) is 32.4 Å². The lowest BCUT2D eigenvalue weighted by Gasteiger charge is -2.36. The number of carbonyl (C=O) groups excluding carboxylic acids is 1. The van der Waals surface area contributed by atoms with Crippen LogP contribution in [-0.2, 0) is 14.8 Å². The van der Waals surface area contributed by atoms with Crippen molar-refractivity contribution in [3.05, 3.63) is 36.2 Å². The second kappa shape index (κ2) is 7.75. The Morgan fingerprint density at radius 1 is 1.04 bits per heavy atom. The summed E-state index contributed by atoms with van der Waals surface area (Å²) in [5.74, 6) is 0.472. The fraction of sp³-hybridized carbons (Fsp3) is 0.550. The number of nitrogens with zero attached hydrogens (tertiary/aromatic N) is 4. The molecule has 28 heavy (non-hydrogen) atoms. The Kier molecular flexibility index (Phi) is 5.33. The molecular formula is C20H26N4O3S. The molecule has 150 valence electrons. The van der Waals surface area contributed by atoms with Gasteiger partial charge in [-0.2, -0.15) is 0 Å². The van der Waals surface area contributed by atoms with Crippen LogP contribution in [0.3, 0.4) is 0 Å². The van der Waals surface area contributed by atoms with E-state index in [9.17, 15) is 13.2 Å². The molecular weight excluding hydrogens is 376 g/mol. The number of hydrogen-bond donors (Lipinski definition) is 0. The van der Waals surface area contributed by atoms with Gasteiger partial charge in [-0.25, -0.2) is 22.7 Å². The summed E-state index contributed by atoms with van der Waals surface area (Å²) < 4.78 is 24.7. The molecule has 7 nitrogen and oxygen atoms in total. The number of rotatable bonds is 3. The van der Waals surface area contributed by atoms with Crippen molar-refractivity contribution in [3.8, 4) is 0 Å². The summed E-state index contributed by atoms with van der Waals surface area (Å²) in [7, 11) is -3.16. The van der Waals surface area contributed by atoms with Gasteiger partial charge in [0, 0.05) is 55.3 Å². The van der Waals surface area contributed by atoms with Crippen LogP contribution >= 0.6 is 0 Å². The zero-order valence-corrected chi connectivity index (χ0v) is 16.9. The molecule has 2 fully saturated rings. The van der Waals surface area contributed by atoms with Crippen LogP contribution in [0.5, 0.6) is 0 Å². The number of carbonyl (C=O) groups is 1. The second-order valence-electron chi connectivity index (χ2n) is 7.82. The molecule has 8 heteroatoms. The highest BCUT2D eigenvalue weighted by Gasteiger charge is 2.33. The molecule has 2 aromatic heterocycles. The molecule has 0 radical (unpaired) electrons. The zero-order valence-electron chi connectivity index (χ0n) is 16.1. The van der Waals surface area contributed by atoms with Gasteiger partial charge in [0.25, 0.3) is 0 Å². The molecule has 4 heterocycles. The number of hydrogen-bond acceptors (Lipinski definition) is 5. The van der Waals surface area contributed by atoms with Crippen molar-refractivity contribution >= 4 is 27.0 Å². The first-order valence-corrected chi connectivity index (χ1v) is 11.7. The highest BCUT2D eigenvalue weighted by Crippen LogP contribution is 2.30. The van der Waals surface area contributed by atoms with Crippen LogP contribution in [0.1, 0.15) is 37.3 Å². The van der Waals surface area contributed by atoms with Gasteiger partial charge in [0.1, 0.15) is 0 Å². The maximum absolute atomic E-state index is 12.9. The monoisotopic (exact) mass is 402 g/mol. The normalized spacial score (nSPS) is 20.5. The molecule has 0 atom stereocenters. The van der Waals surface area contributed by atoms with Crippen LogP contribution in [0, 0.1) is 5.92 Å².